The van der Waals surface area contributed by atoms with Crippen LogP contribution < -0.4 is 16.0 Å². The van der Waals surface area contributed by atoms with Gasteiger partial charge in [0.05, 0.1) is 6.42 Å². The Morgan fingerprint density at radius 1 is 1.14 bits per heavy atom. The van der Waals surface area contributed by atoms with Gasteiger partial charge in [0, 0.05) is 18.3 Å². The van der Waals surface area contributed by atoms with Gasteiger partial charge in [0.2, 0.25) is 0 Å². The van der Waals surface area contributed by atoms with Crippen LogP contribution in [0.2, 0.25) is 0 Å². The van der Waals surface area contributed by atoms with Gasteiger partial charge in [-0.15, -0.1) is 0 Å². The fourth-order valence-electron chi connectivity index (χ4n) is 2.51. The number of urea groups is 1. The van der Waals surface area contributed by atoms with E-state index in [2.05, 4.69) is 16.0 Å². The number of carbonyl (C=O) groups excluding carboxylic acids is 2. The first kappa shape index (κ1) is 23.3. The topological polar surface area (TPSA) is 117 Å². The van der Waals surface area contributed by atoms with Crippen LogP contribution in [0.4, 0.5) is 15.3 Å². The minimum Gasteiger partial charge on any atom is -0.481 e. The van der Waals surface area contributed by atoms with Crippen molar-refractivity contribution in [3.63, 3.8) is 0 Å². The minimum absolute atomic E-state index is 0.180. The van der Waals surface area contributed by atoms with Crippen molar-refractivity contribution in [2.75, 3.05) is 11.9 Å². The van der Waals surface area contributed by atoms with E-state index in [1.165, 1.54) is 0 Å². The summed E-state index contributed by atoms with van der Waals surface area (Å²) in [4.78, 5) is 34.7. The molecule has 28 heavy (non-hydrogen) atoms. The maximum absolute atomic E-state index is 11.9. The second-order valence-electron chi connectivity index (χ2n) is 7.63. The number of hydrogen-bond acceptors (Lipinski definition) is 4. The summed E-state index contributed by atoms with van der Waals surface area (Å²) in [5.41, 5.74) is 1.08. The number of nitrogens with one attached hydrogen (secondary N) is 3. The molecule has 0 spiro atoms. The third kappa shape index (κ3) is 10.4. The number of para-hydroxylation sites is 1. The first-order valence-electron chi connectivity index (χ1n) is 9.38. The summed E-state index contributed by atoms with van der Waals surface area (Å²) in [7, 11) is 0. The van der Waals surface area contributed by atoms with E-state index in [1.807, 2.05) is 31.2 Å². The summed E-state index contributed by atoms with van der Waals surface area (Å²) in [6, 6.07) is 6.68. The number of anilines is 1. The second-order valence-corrected chi connectivity index (χ2v) is 7.63. The number of carbonyl (C=O) groups is 3. The predicted octanol–water partition coefficient (Wildman–Crippen LogP) is 3.65. The molecular weight excluding hydrogens is 362 g/mol. The minimum atomic E-state index is -0.989. The van der Waals surface area contributed by atoms with E-state index in [1.54, 1.807) is 20.8 Å². The van der Waals surface area contributed by atoms with Gasteiger partial charge in [-0.3, -0.25) is 4.79 Å². The Bertz CT molecular complexity index is 670. The number of rotatable bonds is 9. The smallest absolute Gasteiger partial charge is 0.407 e. The normalized spacial score (nSPS) is 12.0. The summed E-state index contributed by atoms with van der Waals surface area (Å²) in [6.07, 6.45) is 0.980. The molecule has 8 heteroatoms. The number of aryl methyl sites for hydroxylation is 1. The molecule has 1 atom stereocenters. The second kappa shape index (κ2) is 11.2. The molecule has 0 aromatic heterocycles. The van der Waals surface area contributed by atoms with Gasteiger partial charge in [-0.2, -0.15) is 0 Å². The highest BCUT2D eigenvalue weighted by molar-refractivity contribution is 5.89. The number of benzene rings is 1. The SMILES string of the molecule is Cc1ccccc1NC(=O)NCCCCC(CC(=O)O)NC(=O)OC(C)(C)C. The van der Waals surface area contributed by atoms with E-state index in [-0.39, 0.29) is 12.5 Å². The van der Waals surface area contributed by atoms with Crippen LogP contribution in [0.1, 0.15) is 52.0 Å². The van der Waals surface area contributed by atoms with E-state index in [0.717, 1.165) is 11.3 Å². The molecule has 1 aromatic rings. The monoisotopic (exact) mass is 393 g/mol. The Kier molecular flexibility index (Phi) is 9.27. The van der Waals surface area contributed by atoms with E-state index in [4.69, 9.17) is 9.84 Å². The Morgan fingerprint density at radius 2 is 1.82 bits per heavy atom. The van der Waals surface area contributed by atoms with Crippen molar-refractivity contribution in [2.45, 2.75) is 65.0 Å². The standard InChI is InChI=1S/C20H31N3O5/c1-14-9-5-6-11-16(14)23-18(26)21-12-8-7-10-15(13-17(24)25)22-19(27)28-20(2,3)4/h5-6,9,11,15H,7-8,10,12-13H2,1-4H3,(H,22,27)(H,24,25)(H2,21,23,26). The molecule has 3 amide bonds. The number of ether oxygens (including phenoxy) is 1. The number of alkyl carbamates (subject to hydrolysis) is 1. The molecule has 156 valence electrons. The summed E-state index contributed by atoms with van der Waals surface area (Å²) >= 11 is 0. The maximum Gasteiger partial charge on any atom is 0.407 e. The quantitative estimate of drug-likeness (QED) is 0.478. The molecule has 0 aliphatic heterocycles. The summed E-state index contributed by atoms with van der Waals surface area (Å²) in [5, 5.41) is 17.2. The van der Waals surface area contributed by atoms with Crippen LogP contribution in [0.5, 0.6) is 0 Å². The molecule has 0 fully saturated rings. The summed E-state index contributed by atoms with van der Waals surface area (Å²) < 4.78 is 5.17. The van der Waals surface area contributed by atoms with Gasteiger partial charge in [0.15, 0.2) is 0 Å². The molecule has 0 aliphatic rings. The molecule has 1 aromatic carbocycles. The fourth-order valence-corrected chi connectivity index (χ4v) is 2.51. The van der Waals surface area contributed by atoms with E-state index in [9.17, 15) is 14.4 Å². The average molecular weight is 393 g/mol. The molecule has 4 N–H and O–H groups in total. The number of aliphatic carboxylic acids is 1. The first-order chi connectivity index (χ1) is 13.1. The average Bonchev–Trinajstić information content (AvgIpc) is 2.54. The van der Waals surface area contributed by atoms with E-state index in [0.29, 0.717) is 25.8 Å². The Hall–Kier alpha value is -2.77. The van der Waals surface area contributed by atoms with Gasteiger partial charge < -0.3 is 25.8 Å². The van der Waals surface area contributed by atoms with Crippen LogP contribution in [0, 0.1) is 6.92 Å². The van der Waals surface area contributed by atoms with Gasteiger partial charge in [-0.1, -0.05) is 18.2 Å². The number of carboxylic acids is 1. The molecule has 0 radical (unpaired) electrons. The van der Waals surface area contributed by atoms with Crippen LogP contribution in [-0.2, 0) is 9.53 Å². The van der Waals surface area contributed by atoms with Gasteiger partial charge in [-0.05, 0) is 58.6 Å². The number of amides is 3. The van der Waals surface area contributed by atoms with Crippen LogP contribution in [-0.4, -0.2) is 41.4 Å². The molecule has 0 bridgehead atoms. The summed E-state index contributed by atoms with van der Waals surface area (Å²) in [5.74, 6) is -0.989. The molecule has 0 aliphatic carbocycles. The molecule has 0 saturated carbocycles. The van der Waals surface area contributed by atoms with E-state index >= 15 is 0 Å². The van der Waals surface area contributed by atoms with Crippen LogP contribution in [0.25, 0.3) is 0 Å². The van der Waals surface area contributed by atoms with Crippen LogP contribution in [0.3, 0.4) is 0 Å². The number of hydrogen-bond donors (Lipinski definition) is 4. The lowest BCUT2D eigenvalue weighted by Gasteiger charge is -2.23. The van der Waals surface area contributed by atoms with Gasteiger partial charge in [-0.25, -0.2) is 9.59 Å². The van der Waals surface area contributed by atoms with Crippen LogP contribution in [0.15, 0.2) is 24.3 Å². The van der Waals surface area contributed by atoms with Crippen LogP contribution >= 0.6 is 0 Å². The van der Waals surface area contributed by atoms with Crippen molar-refractivity contribution in [1.82, 2.24) is 10.6 Å². The third-order valence-corrected chi connectivity index (χ3v) is 3.80. The highest BCUT2D eigenvalue weighted by Gasteiger charge is 2.21. The fraction of sp³-hybridized carbons (Fsp3) is 0.550. The molecular formula is C20H31N3O5. The Labute approximate surface area is 166 Å². The van der Waals surface area contributed by atoms with Gasteiger partial charge >= 0.3 is 18.1 Å². The molecule has 1 unspecified atom stereocenters. The Balaban J connectivity index is 2.33. The zero-order valence-corrected chi connectivity index (χ0v) is 17.0. The zero-order chi connectivity index (χ0) is 21.2. The molecule has 8 nitrogen and oxygen atoms in total. The number of carboxylic acid groups (broad SMARTS) is 1. The molecule has 1 rings (SSSR count). The largest absolute Gasteiger partial charge is 0.481 e. The predicted molar refractivity (Wildman–Crippen MR) is 107 cm³/mol. The third-order valence-electron chi connectivity index (χ3n) is 3.80. The highest BCUT2D eigenvalue weighted by Crippen LogP contribution is 2.13. The first-order valence-corrected chi connectivity index (χ1v) is 9.38. The highest BCUT2D eigenvalue weighted by atomic mass is 16.6. The lowest BCUT2D eigenvalue weighted by atomic mass is 10.1. The van der Waals surface area contributed by atoms with E-state index < -0.39 is 23.7 Å². The van der Waals surface area contributed by atoms with Crippen molar-refractivity contribution in [1.29, 1.82) is 0 Å². The molecule has 0 saturated heterocycles. The van der Waals surface area contributed by atoms with Crippen molar-refractivity contribution in [3.8, 4) is 0 Å². The van der Waals surface area contributed by atoms with Gasteiger partial charge in [0.1, 0.15) is 5.60 Å². The van der Waals surface area contributed by atoms with Crippen molar-refractivity contribution < 1.29 is 24.2 Å². The van der Waals surface area contributed by atoms with Gasteiger partial charge in [0.25, 0.3) is 0 Å². The Morgan fingerprint density at radius 3 is 2.43 bits per heavy atom. The lowest BCUT2D eigenvalue weighted by Crippen LogP contribution is -2.40. The lowest BCUT2D eigenvalue weighted by molar-refractivity contribution is -0.137. The molecule has 0 heterocycles. The van der Waals surface area contributed by atoms with Crippen molar-refractivity contribution in [2.24, 2.45) is 0 Å². The zero-order valence-electron chi connectivity index (χ0n) is 17.0. The number of unbranched alkanes of at least 4 members (excludes halogenated alkanes) is 1. The summed E-state index contributed by atoms with van der Waals surface area (Å²) in [6.45, 7) is 7.59. The maximum atomic E-state index is 11.9. The van der Waals surface area contributed by atoms with Crippen molar-refractivity contribution in [3.05, 3.63) is 29.8 Å². The van der Waals surface area contributed by atoms with Crippen molar-refractivity contribution >= 4 is 23.8 Å².